The molecule has 0 aliphatic rings. The van der Waals surface area contributed by atoms with E-state index in [1.807, 2.05) is 0 Å². The first-order valence-electron chi connectivity index (χ1n) is 5.95. The molecule has 5 nitrogen and oxygen atoms in total. The molecule has 104 valence electrons. The highest BCUT2D eigenvalue weighted by molar-refractivity contribution is 5.96. The van der Waals surface area contributed by atoms with E-state index in [1.54, 1.807) is 26.0 Å². The third kappa shape index (κ3) is 4.57. The van der Waals surface area contributed by atoms with Crippen LogP contribution in [-0.4, -0.2) is 24.6 Å². The van der Waals surface area contributed by atoms with Gasteiger partial charge in [0.2, 0.25) is 0 Å². The van der Waals surface area contributed by atoms with Crippen LogP contribution in [0.3, 0.4) is 0 Å². The second-order valence-electron chi connectivity index (χ2n) is 4.02. The zero-order valence-corrected chi connectivity index (χ0v) is 11.1. The van der Waals surface area contributed by atoms with Crippen LogP contribution in [0, 0.1) is 12.7 Å². The highest BCUT2D eigenvalue weighted by atomic mass is 19.1. The molecule has 0 saturated heterocycles. The number of imide groups is 1. The first-order chi connectivity index (χ1) is 8.93. The third-order valence-corrected chi connectivity index (χ3v) is 2.40. The Morgan fingerprint density at radius 1 is 1.42 bits per heavy atom. The summed E-state index contributed by atoms with van der Waals surface area (Å²) in [5.41, 5.74) is 0.492. The molecule has 1 aromatic carbocycles. The van der Waals surface area contributed by atoms with E-state index in [0.29, 0.717) is 12.1 Å². The van der Waals surface area contributed by atoms with Crippen molar-refractivity contribution in [3.63, 3.8) is 0 Å². The Labute approximate surface area is 111 Å². The van der Waals surface area contributed by atoms with Gasteiger partial charge in [-0.05, 0) is 32.4 Å². The quantitative estimate of drug-likeness (QED) is 0.874. The minimum atomic E-state index is -0.898. The monoisotopic (exact) mass is 268 g/mol. The Morgan fingerprint density at radius 2 is 2.11 bits per heavy atom. The van der Waals surface area contributed by atoms with Crippen molar-refractivity contribution in [2.24, 2.45) is 0 Å². The van der Waals surface area contributed by atoms with Crippen molar-refractivity contribution in [1.82, 2.24) is 10.6 Å². The Balaban J connectivity index is 2.58. The lowest BCUT2D eigenvalue weighted by Crippen LogP contribution is -2.45. The van der Waals surface area contributed by atoms with E-state index in [1.165, 1.54) is 13.0 Å². The molecule has 0 saturated carbocycles. The van der Waals surface area contributed by atoms with Gasteiger partial charge in [-0.25, -0.2) is 9.18 Å². The van der Waals surface area contributed by atoms with Gasteiger partial charge in [0.05, 0.1) is 0 Å². The van der Waals surface area contributed by atoms with Crippen LogP contribution in [-0.2, 0) is 4.79 Å². The maximum absolute atomic E-state index is 13.3. The van der Waals surface area contributed by atoms with E-state index in [-0.39, 0.29) is 5.75 Å². The molecule has 2 N–H and O–H groups in total. The van der Waals surface area contributed by atoms with E-state index in [9.17, 15) is 14.0 Å². The first kappa shape index (κ1) is 14.9. The molecular weight excluding hydrogens is 251 g/mol. The second kappa shape index (κ2) is 6.72. The lowest BCUT2D eigenvalue weighted by Gasteiger charge is -2.14. The van der Waals surface area contributed by atoms with Crippen molar-refractivity contribution in [3.05, 3.63) is 29.6 Å². The summed E-state index contributed by atoms with van der Waals surface area (Å²) in [6.07, 6.45) is -0.898. The van der Waals surface area contributed by atoms with Gasteiger partial charge in [-0.2, -0.15) is 0 Å². The van der Waals surface area contributed by atoms with Crippen LogP contribution in [0.5, 0.6) is 5.75 Å². The summed E-state index contributed by atoms with van der Waals surface area (Å²) in [4.78, 5) is 22.7. The molecule has 0 radical (unpaired) electrons. The summed E-state index contributed by atoms with van der Waals surface area (Å²) in [7, 11) is 0. The largest absolute Gasteiger partial charge is 0.481 e. The van der Waals surface area contributed by atoms with Crippen molar-refractivity contribution in [3.8, 4) is 5.75 Å². The van der Waals surface area contributed by atoms with Crippen molar-refractivity contribution >= 4 is 11.9 Å². The van der Waals surface area contributed by atoms with E-state index in [2.05, 4.69) is 10.6 Å². The molecule has 0 spiro atoms. The van der Waals surface area contributed by atoms with Gasteiger partial charge in [0.15, 0.2) is 6.10 Å². The second-order valence-corrected chi connectivity index (χ2v) is 4.02. The Bertz CT molecular complexity index is 477. The van der Waals surface area contributed by atoms with Crippen LogP contribution in [0.25, 0.3) is 0 Å². The highest BCUT2D eigenvalue weighted by Gasteiger charge is 2.17. The molecule has 0 aromatic heterocycles. The Kier molecular flexibility index (Phi) is 5.29. The predicted octanol–water partition coefficient (Wildman–Crippen LogP) is 1.75. The van der Waals surface area contributed by atoms with Gasteiger partial charge in [0, 0.05) is 12.6 Å². The molecule has 3 amide bonds. The summed E-state index contributed by atoms with van der Waals surface area (Å²) >= 11 is 0. The zero-order chi connectivity index (χ0) is 14.4. The molecule has 0 fully saturated rings. The molecule has 0 bridgehead atoms. The molecule has 1 unspecified atom stereocenters. The van der Waals surface area contributed by atoms with Crippen LogP contribution in [0.15, 0.2) is 18.2 Å². The average Bonchev–Trinajstić information content (AvgIpc) is 2.34. The molecular formula is C13H17FN2O3. The van der Waals surface area contributed by atoms with Gasteiger partial charge in [-0.1, -0.05) is 6.07 Å². The number of aryl methyl sites for hydroxylation is 1. The molecule has 1 aromatic rings. The van der Waals surface area contributed by atoms with Gasteiger partial charge in [0.25, 0.3) is 5.91 Å². The maximum atomic E-state index is 13.3. The minimum Gasteiger partial charge on any atom is -0.481 e. The van der Waals surface area contributed by atoms with Crippen LogP contribution in [0.4, 0.5) is 9.18 Å². The summed E-state index contributed by atoms with van der Waals surface area (Å²) in [5, 5.41) is 4.54. The van der Waals surface area contributed by atoms with Crippen molar-refractivity contribution in [1.29, 1.82) is 0 Å². The number of urea groups is 1. The van der Waals surface area contributed by atoms with Crippen molar-refractivity contribution in [2.45, 2.75) is 26.9 Å². The van der Waals surface area contributed by atoms with E-state index >= 15 is 0 Å². The van der Waals surface area contributed by atoms with Gasteiger partial charge in [-0.15, -0.1) is 0 Å². The number of ether oxygens (including phenoxy) is 1. The number of hydrogen-bond donors (Lipinski definition) is 2. The number of halogens is 1. The van der Waals surface area contributed by atoms with Crippen LogP contribution >= 0.6 is 0 Å². The SMILES string of the molecule is CCNC(=O)NC(=O)C(C)Oc1ccc(C)c(F)c1. The van der Waals surface area contributed by atoms with Gasteiger partial charge < -0.3 is 10.1 Å². The fraction of sp³-hybridized carbons (Fsp3) is 0.385. The number of hydrogen-bond acceptors (Lipinski definition) is 3. The smallest absolute Gasteiger partial charge is 0.321 e. The molecule has 0 heterocycles. The number of nitrogens with one attached hydrogen (secondary N) is 2. The minimum absolute atomic E-state index is 0.238. The van der Waals surface area contributed by atoms with Crippen LogP contribution in [0.1, 0.15) is 19.4 Å². The number of benzene rings is 1. The summed E-state index contributed by atoms with van der Waals surface area (Å²) in [5.74, 6) is -0.762. The van der Waals surface area contributed by atoms with Crippen LogP contribution in [0.2, 0.25) is 0 Å². The molecule has 0 aliphatic carbocycles. The normalized spacial score (nSPS) is 11.6. The summed E-state index contributed by atoms with van der Waals surface area (Å²) in [6, 6.07) is 3.73. The lowest BCUT2D eigenvalue weighted by molar-refractivity contribution is -0.126. The summed E-state index contributed by atoms with van der Waals surface area (Å²) < 4.78 is 18.6. The number of carbonyl (C=O) groups excluding carboxylic acids is 2. The summed E-state index contributed by atoms with van der Waals surface area (Å²) in [6.45, 7) is 5.26. The fourth-order valence-corrected chi connectivity index (χ4v) is 1.32. The van der Waals surface area contributed by atoms with Gasteiger partial charge in [-0.3, -0.25) is 10.1 Å². The number of carbonyl (C=O) groups is 2. The fourth-order valence-electron chi connectivity index (χ4n) is 1.32. The molecule has 6 heteroatoms. The van der Waals surface area contributed by atoms with Crippen molar-refractivity contribution < 1.29 is 18.7 Å². The predicted molar refractivity (Wildman–Crippen MR) is 68.4 cm³/mol. The zero-order valence-electron chi connectivity index (χ0n) is 11.1. The third-order valence-electron chi connectivity index (χ3n) is 2.40. The molecule has 19 heavy (non-hydrogen) atoms. The van der Waals surface area contributed by atoms with E-state index in [4.69, 9.17) is 4.74 Å². The Hall–Kier alpha value is -2.11. The maximum Gasteiger partial charge on any atom is 0.321 e. The highest BCUT2D eigenvalue weighted by Crippen LogP contribution is 2.17. The van der Waals surface area contributed by atoms with Gasteiger partial charge >= 0.3 is 6.03 Å². The molecule has 1 rings (SSSR count). The first-order valence-corrected chi connectivity index (χ1v) is 5.95. The standard InChI is InChI=1S/C13H17FN2O3/c1-4-15-13(18)16-12(17)9(3)19-10-6-5-8(2)11(14)7-10/h5-7,9H,4H2,1-3H3,(H2,15,16,17,18). The van der Waals surface area contributed by atoms with Gasteiger partial charge in [0.1, 0.15) is 11.6 Å². The van der Waals surface area contributed by atoms with Crippen molar-refractivity contribution in [2.75, 3.05) is 6.54 Å². The van der Waals surface area contributed by atoms with Crippen LogP contribution < -0.4 is 15.4 Å². The van der Waals surface area contributed by atoms with E-state index < -0.39 is 23.9 Å². The lowest BCUT2D eigenvalue weighted by atomic mass is 10.2. The molecule has 0 aliphatic heterocycles. The van der Waals surface area contributed by atoms with E-state index in [0.717, 1.165) is 0 Å². The molecule has 1 atom stereocenters. The topological polar surface area (TPSA) is 67.4 Å². The Morgan fingerprint density at radius 3 is 2.68 bits per heavy atom. The number of rotatable bonds is 4. The average molecular weight is 268 g/mol. The number of amides is 3.